The fourth-order valence-electron chi connectivity index (χ4n) is 1.79. The first-order chi connectivity index (χ1) is 10.5. The van der Waals surface area contributed by atoms with Crippen LogP contribution in [0.5, 0.6) is 0 Å². The molecule has 2 rings (SSSR count). The summed E-state index contributed by atoms with van der Waals surface area (Å²) in [5.74, 6) is -1.96. The van der Waals surface area contributed by atoms with Gasteiger partial charge >= 0.3 is 11.9 Å². The molecule has 0 aliphatic carbocycles. The Kier molecular flexibility index (Phi) is 4.63. The summed E-state index contributed by atoms with van der Waals surface area (Å²) in [6, 6.07) is 12.3. The van der Waals surface area contributed by atoms with Crippen molar-refractivity contribution in [1.82, 2.24) is 0 Å². The second-order valence-corrected chi connectivity index (χ2v) is 4.67. The quantitative estimate of drug-likeness (QED) is 0.817. The van der Waals surface area contributed by atoms with Crippen LogP contribution in [0.3, 0.4) is 0 Å². The predicted molar refractivity (Wildman–Crippen MR) is 79.7 cm³/mol. The maximum Gasteiger partial charge on any atom is 0.335 e. The second-order valence-electron chi connectivity index (χ2n) is 4.67. The van der Waals surface area contributed by atoms with E-state index in [0.29, 0.717) is 5.69 Å². The highest BCUT2D eigenvalue weighted by Crippen LogP contribution is 2.21. The van der Waals surface area contributed by atoms with E-state index in [1.54, 1.807) is 24.3 Å². The standard InChI is InChI=1S/C16H14N2O4/c1-10(11-2-4-12(5-3-11)15(19)20)17-18-14-8-6-13(7-9-14)16(21)22/h2-10H,1H3,(H,19,20)(H,21,22). The molecule has 0 aliphatic rings. The number of nitrogens with zero attached hydrogens (tertiary/aromatic N) is 2. The van der Waals surface area contributed by atoms with E-state index >= 15 is 0 Å². The maximum absolute atomic E-state index is 10.8. The number of azo groups is 1. The summed E-state index contributed by atoms with van der Waals surface area (Å²) in [5.41, 5.74) is 1.81. The molecule has 2 aromatic carbocycles. The third-order valence-corrected chi connectivity index (χ3v) is 3.10. The van der Waals surface area contributed by atoms with Crippen molar-refractivity contribution < 1.29 is 19.8 Å². The van der Waals surface area contributed by atoms with Crippen molar-refractivity contribution in [3.63, 3.8) is 0 Å². The lowest BCUT2D eigenvalue weighted by Crippen LogP contribution is -1.97. The summed E-state index contributed by atoms with van der Waals surface area (Å²) in [6.45, 7) is 1.84. The zero-order valence-electron chi connectivity index (χ0n) is 11.8. The molecule has 0 aromatic heterocycles. The van der Waals surface area contributed by atoms with Gasteiger partial charge in [-0.05, 0) is 48.9 Å². The van der Waals surface area contributed by atoms with Crippen LogP contribution < -0.4 is 0 Å². The summed E-state index contributed by atoms with van der Waals surface area (Å²) in [6.07, 6.45) is 0. The van der Waals surface area contributed by atoms with E-state index in [4.69, 9.17) is 10.2 Å². The topological polar surface area (TPSA) is 99.3 Å². The molecule has 0 radical (unpaired) electrons. The Morgan fingerprint density at radius 2 is 1.32 bits per heavy atom. The van der Waals surface area contributed by atoms with Crippen LogP contribution >= 0.6 is 0 Å². The first-order valence-electron chi connectivity index (χ1n) is 6.55. The smallest absolute Gasteiger partial charge is 0.335 e. The van der Waals surface area contributed by atoms with Crippen LogP contribution in [0.1, 0.15) is 39.2 Å². The molecule has 0 spiro atoms. The van der Waals surface area contributed by atoms with Crippen molar-refractivity contribution in [3.8, 4) is 0 Å². The van der Waals surface area contributed by atoms with Crippen molar-refractivity contribution in [1.29, 1.82) is 0 Å². The van der Waals surface area contributed by atoms with Crippen LogP contribution in [0.15, 0.2) is 58.8 Å². The van der Waals surface area contributed by atoms with Crippen molar-refractivity contribution in [3.05, 3.63) is 65.2 Å². The minimum absolute atomic E-state index is 0.191. The zero-order chi connectivity index (χ0) is 16.1. The zero-order valence-corrected chi connectivity index (χ0v) is 11.8. The molecular weight excluding hydrogens is 284 g/mol. The Morgan fingerprint density at radius 3 is 1.77 bits per heavy atom. The first kappa shape index (κ1) is 15.4. The van der Waals surface area contributed by atoms with Crippen LogP contribution in [0, 0.1) is 0 Å². The van der Waals surface area contributed by atoms with Gasteiger partial charge in [0.15, 0.2) is 0 Å². The van der Waals surface area contributed by atoms with Gasteiger partial charge in [-0.2, -0.15) is 10.2 Å². The van der Waals surface area contributed by atoms with E-state index in [1.807, 2.05) is 6.92 Å². The van der Waals surface area contributed by atoms with Gasteiger partial charge in [0.25, 0.3) is 0 Å². The van der Waals surface area contributed by atoms with Gasteiger partial charge in [-0.15, -0.1) is 0 Å². The van der Waals surface area contributed by atoms with Gasteiger partial charge in [-0.25, -0.2) is 9.59 Å². The van der Waals surface area contributed by atoms with Crippen LogP contribution in [-0.4, -0.2) is 22.2 Å². The third-order valence-electron chi connectivity index (χ3n) is 3.10. The van der Waals surface area contributed by atoms with E-state index in [-0.39, 0.29) is 17.2 Å². The Labute approximate surface area is 126 Å². The van der Waals surface area contributed by atoms with Crippen molar-refractivity contribution >= 4 is 17.6 Å². The number of carbonyl (C=O) groups is 2. The van der Waals surface area contributed by atoms with Gasteiger partial charge in [0.2, 0.25) is 0 Å². The molecule has 0 saturated heterocycles. The normalized spacial score (nSPS) is 12.2. The fourth-order valence-corrected chi connectivity index (χ4v) is 1.79. The minimum atomic E-state index is -0.990. The highest BCUT2D eigenvalue weighted by Gasteiger charge is 2.07. The molecule has 0 fully saturated rings. The molecule has 0 amide bonds. The molecule has 112 valence electrons. The maximum atomic E-state index is 10.8. The van der Waals surface area contributed by atoms with E-state index in [9.17, 15) is 9.59 Å². The fraction of sp³-hybridized carbons (Fsp3) is 0.125. The third kappa shape index (κ3) is 3.76. The summed E-state index contributed by atoms with van der Waals surface area (Å²) in [5, 5.41) is 25.9. The lowest BCUT2D eigenvalue weighted by Gasteiger charge is -2.05. The molecule has 0 aliphatic heterocycles. The molecule has 0 heterocycles. The Balaban J connectivity index is 2.08. The average Bonchev–Trinajstić information content (AvgIpc) is 2.53. The van der Waals surface area contributed by atoms with Gasteiger partial charge < -0.3 is 10.2 Å². The minimum Gasteiger partial charge on any atom is -0.478 e. The molecule has 22 heavy (non-hydrogen) atoms. The molecular formula is C16H14N2O4. The van der Waals surface area contributed by atoms with Crippen LogP contribution in [-0.2, 0) is 0 Å². The van der Waals surface area contributed by atoms with E-state index < -0.39 is 11.9 Å². The van der Waals surface area contributed by atoms with E-state index in [1.165, 1.54) is 24.3 Å². The molecule has 1 atom stereocenters. The molecule has 6 heteroatoms. The number of benzene rings is 2. The van der Waals surface area contributed by atoms with Gasteiger partial charge in [0, 0.05) is 0 Å². The van der Waals surface area contributed by atoms with Crippen molar-refractivity contribution in [2.24, 2.45) is 10.2 Å². The van der Waals surface area contributed by atoms with Gasteiger partial charge in [-0.3, -0.25) is 0 Å². The largest absolute Gasteiger partial charge is 0.478 e. The first-order valence-corrected chi connectivity index (χ1v) is 6.55. The summed E-state index contributed by atoms with van der Waals surface area (Å²) in [4.78, 5) is 21.5. The van der Waals surface area contributed by atoms with Crippen LogP contribution in [0.4, 0.5) is 5.69 Å². The molecule has 1 unspecified atom stereocenters. The summed E-state index contributed by atoms with van der Waals surface area (Å²) >= 11 is 0. The predicted octanol–water partition coefficient (Wildman–Crippen LogP) is 3.93. The number of aromatic carboxylic acids is 2. The monoisotopic (exact) mass is 298 g/mol. The lowest BCUT2D eigenvalue weighted by atomic mass is 10.1. The molecule has 0 saturated carbocycles. The second kappa shape index (κ2) is 6.62. The van der Waals surface area contributed by atoms with Crippen molar-refractivity contribution in [2.75, 3.05) is 0 Å². The van der Waals surface area contributed by atoms with Gasteiger partial charge in [-0.1, -0.05) is 12.1 Å². The average molecular weight is 298 g/mol. The number of carboxylic acids is 2. The van der Waals surface area contributed by atoms with E-state index in [0.717, 1.165) is 5.56 Å². The van der Waals surface area contributed by atoms with Gasteiger partial charge in [0.1, 0.15) is 0 Å². The van der Waals surface area contributed by atoms with Gasteiger partial charge in [0.05, 0.1) is 22.9 Å². The van der Waals surface area contributed by atoms with Crippen LogP contribution in [0.25, 0.3) is 0 Å². The molecule has 2 aromatic rings. The Morgan fingerprint density at radius 1 is 0.864 bits per heavy atom. The number of rotatable bonds is 5. The summed E-state index contributed by atoms with van der Waals surface area (Å²) < 4.78 is 0. The number of hydrogen-bond donors (Lipinski definition) is 2. The number of carboxylic acid groups (broad SMARTS) is 2. The Bertz CT molecular complexity index is 706. The lowest BCUT2D eigenvalue weighted by molar-refractivity contribution is 0.0686. The highest BCUT2D eigenvalue weighted by molar-refractivity contribution is 5.88. The Hall–Kier alpha value is -3.02. The molecule has 2 N–H and O–H groups in total. The van der Waals surface area contributed by atoms with E-state index in [2.05, 4.69) is 10.2 Å². The molecule has 0 bridgehead atoms. The van der Waals surface area contributed by atoms with Crippen molar-refractivity contribution in [2.45, 2.75) is 13.0 Å². The highest BCUT2D eigenvalue weighted by atomic mass is 16.4. The number of hydrogen-bond acceptors (Lipinski definition) is 4. The van der Waals surface area contributed by atoms with Crippen LogP contribution in [0.2, 0.25) is 0 Å². The molecule has 6 nitrogen and oxygen atoms in total. The SMILES string of the molecule is CC(N=Nc1ccc(C(=O)O)cc1)c1ccc(C(=O)O)cc1. The summed E-state index contributed by atoms with van der Waals surface area (Å²) in [7, 11) is 0.